The van der Waals surface area contributed by atoms with E-state index in [2.05, 4.69) is 72.7 Å². The molecule has 3 rings (SSSR count). The molecule has 3 aromatic rings. The van der Waals surface area contributed by atoms with Gasteiger partial charge in [0, 0.05) is 23.3 Å². The summed E-state index contributed by atoms with van der Waals surface area (Å²) < 4.78 is 0. The zero-order chi connectivity index (χ0) is 14.8. The van der Waals surface area contributed by atoms with Crippen molar-refractivity contribution in [1.82, 2.24) is 4.98 Å². The number of hydrogen-bond donors (Lipinski definition) is 1. The zero-order valence-electron chi connectivity index (χ0n) is 12.8. The van der Waals surface area contributed by atoms with Crippen LogP contribution in [0.2, 0.25) is 0 Å². The van der Waals surface area contributed by atoms with Crippen LogP contribution < -0.4 is 5.32 Å². The summed E-state index contributed by atoms with van der Waals surface area (Å²) in [6, 6.07) is 17.1. The Morgan fingerprint density at radius 2 is 1.76 bits per heavy atom. The van der Waals surface area contributed by atoms with Crippen LogP contribution in [0.15, 0.2) is 48.5 Å². The minimum atomic E-state index is 0.827. The number of nitrogens with one attached hydrogen (secondary N) is 1. The van der Waals surface area contributed by atoms with Crippen LogP contribution in [0.4, 0.5) is 5.69 Å². The molecular weight excluding hydrogens is 256 g/mol. The van der Waals surface area contributed by atoms with E-state index in [1.807, 2.05) is 6.92 Å². The molecule has 0 radical (unpaired) electrons. The van der Waals surface area contributed by atoms with Crippen molar-refractivity contribution in [2.75, 3.05) is 5.32 Å². The van der Waals surface area contributed by atoms with Crippen LogP contribution in [0, 0.1) is 20.8 Å². The van der Waals surface area contributed by atoms with Crippen LogP contribution in [0.3, 0.4) is 0 Å². The summed E-state index contributed by atoms with van der Waals surface area (Å²) in [5, 5.41) is 4.72. The van der Waals surface area contributed by atoms with Crippen LogP contribution in [0.1, 0.15) is 22.4 Å². The molecule has 0 spiro atoms. The Kier molecular flexibility index (Phi) is 3.61. The van der Waals surface area contributed by atoms with Gasteiger partial charge >= 0.3 is 0 Å². The van der Waals surface area contributed by atoms with Gasteiger partial charge in [-0.25, -0.2) is 0 Å². The highest BCUT2D eigenvalue weighted by molar-refractivity contribution is 5.79. The molecule has 0 aliphatic carbocycles. The van der Waals surface area contributed by atoms with Crippen molar-refractivity contribution in [1.29, 1.82) is 0 Å². The third-order valence-corrected chi connectivity index (χ3v) is 3.77. The van der Waals surface area contributed by atoms with E-state index in [0.29, 0.717) is 0 Å². The normalized spacial score (nSPS) is 10.8. The molecule has 0 aliphatic rings. The SMILES string of the molecule is Cc1ccc(C)c(NCc2ccc3nc(C)ccc3c2)c1. The summed E-state index contributed by atoms with van der Waals surface area (Å²) in [5.41, 5.74) is 7.15. The first kappa shape index (κ1) is 13.6. The van der Waals surface area contributed by atoms with Crippen LogP contribution in [-0.2, 0) is 6.54 Å². The topological polar surface area (TPSA) is 24.9 Å². The molecule has 2 nitrogen and oxygen atoms in total. The van der Waals surface area contributed by atoms with Gasteiger partial charge in [-0.3, -0.25) is 4.98 Å². The Balaban J connectivity index is 1.82. The first-order valence-electron chi connectivity index (χ1n) is 7.29. The van der Waals surface area contributed by atoms with Crippen LogP contribution in [-0.4, -0.2) is 4.98 Å². The zero-order valence-corrected chi connectivity index (χ0v) is 12.8. The van der Waals surface area contributed by atoms with Gasteiger partial charge in [0.2, 0.25) is 0 Å². The fraction of sp³-hybridized carbons (Fsp3) is 0.211. The van der Waals surface area contributed by atoms with Gasteiger partial charge in [0.15, 0.2) is 0 Å². The highest BCUT2D eigenvalue weighted by Crippen LogP contribution is 2.19. The molecule has 0 unspecified atom stereocenters. The number of benzene rings is 2. The van der Waals surface area contributed by atoms with E-state index in [1.165, 1.54) is 27.8 Å². The molecule has 1 heterocycles. The molecule has 0 amide bonds. The lowest BCUT2D eigenvalue weighted by atomic mass is 10.1. The van der Waals surface area contributed by atoms with Gasteiger partial charge in [0.25, 0.3) is 0 Å². The first-order chi connectivity index (χ1) is 10.1. The maximum atomic E-state index is 4.54. The summed E-state index contributed by atoms with van der Waals surface area (Å²) in [6.07, 6.45) is 0. The van der Waals surface area contributed by atoms with Crippen molar-refractivity contribution < 1.29 is 0 Å². The molecule has 0 saturated heterocycles. The molecule has 106 valence electrons. The van der Waals surface area contributed by atoms with Crippen molar-refractivity contribution in [3.63, 3.8) is 0 Å². The maximum absolute atomic E-state index is 4.54. The van der Waals surface area contributed by atoms with Gasteiger partial charge in [-0.05, 0) is 61.7 Å². The fourth-order valence-corrected chi connectivity index (χ4v) is 2.51. The standard InChI is InChI=1S/C19H20N2/c1-13-4-5-14(2)19(10-13)20-12-16-7-9-18-17(11-16)8-6-15(3)21-18/h4-11,20H,12H2,1-3H3. The van der Waals surface area contributed by atoms with E-state index < -0.39 is 0 Å². The molecule has 0 fully saturated rings. The van der Waals surface area contributed by atoms with Gasteiger partial charge in [-0.1, -0.05) is 24.3 Å². The maximum Gasteiger partial charge on any atom is 0.0705 e. The average Bonchev–Trinajstić information content (AvgIpc) is 2.48. The minimum absolute atomic E-state index is 0.827. The first-order valence-corrected chi connectivity index (χ1v) is 7.29. The Hall–Kier alpha value is -2.35. The van der Waals surface area contributed by atoms with Crippen molar-refractivity contribution in [3.05, 3.63) is 70.9 Å². The summed E-state index contributed by atoms with van der Waals surface area (Å²) in [5.74, 6) is 0. The largest absolute Gasteiger partial charge is 0.381 e. The number of nitrogens with zero attached hydrogens (tertiary/aromatic N) is 1. The summed E-state index contributed by atoms with van der Waals surface area (Å²) in [6.45, 7) is 7.10. The Morgan fingerprint density at radius 1 is 0.905 bits per heavy atom. The minimum Gasteiger partial charge on any atom is -0.381 e. The second-order valence-corrected chi connectivity index (χ2v) is 5.65. The van der Waals surface area contributed by atoms with Gasteiger partial charge in [-0.2, -0.15) is 0 Å². The molecule has 1 N–H and O–H groups in total. The molecule has 0 bridgehead atoms. The summed E-state index contributed by atoms with van der Waals surface area (Å²) >= 11 is 0. The molecule has 0 aliphatic heterocycles. The third-order valence-electron chi connectivity index (χ3n) is 3.77. The molecule has 2 aromatic carbocycles. The molecule has 0 atom stereocenters. The predicted octanol–water partition coefficient (Wildman–Crippen LogP) is 4.77. The number of rotatable bonds is 3. The van der Waals surface area contributed by atoms with Crippen molar-refractivity contribution >= 4 is 16.6 Å². The molecule has 1 aromatic heterocycles. The van der Waals surface area contributed by atoms with E-state index in [9.17, 15) is 0 Å². The van der Waals surface area contributed by atoms with Crippen molar-refractivity contribution in [2.24, 2.45) is 0 Å². The van der Waals surface area contributed by atoms with E-state index >= 15 is 0 Å². The number of aromatic nitrogens is 1. The van der Waals surface area contributed by atoms with Crippen molar-refractivity contribution in [3.8, 4) is 0 Å². The highest BCUT2D eigenvalue weighted by Gasteiger charge is 2.01. The van der Waals surface area contributed by atoms with Gasteiger partial charge in [0.05, 0.1) is 5.52 Å². The molecular formula is C19H20N2. The van der Waals surface area contributed by atoms with E-state index in [1.54, 1.807) is 0 Å². The van der Waals surface area contributed by atoms with Crippen LogP contribution >= 0.6 is 0 Å². The summed E-state index contributed by atoms with van der Waals surface area (Å²) in [4.78, 5) is 4.54. The quantitative estimate of drug-likeness (QED) is 0.745. The van der Waals surface area contributed by atoms with Gasteiger partial charge in [0.1, 0.15) is 0 Å². The average molecular weight is 276 g/mol. The van der Waals surface area contributed by atoms with E-state index in [-0.39, 0.29) is 0 Å². The smallest absolute Gasteiger partial charge is 0.0705 e. The number of fused-ring (bicyclic) bond motifs is 1. The van der Waals surface area contributed by atoms with Gasteiger partial charge in [-0.15, -0.1) is 0 Å². The number of aryl methyl sites for hydroxylation is 3. The lowest BCUT2D eigenvalue weighted by Crippen LogP contribution is -2.01. The molecule has 0 saturated carbocycles. The predicted molar refractivity (Wildman–Crippen MR) is 89.7 cm³/mol. The number of hydrogen-bond acceptors (Lipinski definition) is 2. The molecule has 2 heteroatoms. The fourth-order valence-electron chi connectivity index (χ4n) is 2.51. The van der Waals surface area contributed by atoms with Crippen LogP contribution in [0.5, 0.6) is 0 Å². The monoisotopic (exact) mass is 276 g/mol. The second-order valence-electron chi connectivity index (χ2n) is 5.65. The van der Waals surface area contributed by atoms with Crippen molar-refractivity contribution in [2.45, 2.75) is 27.3 Å². The Labute approximate surface area is 125 Å². The number of pyridine rings is 1. The Morgan fingerprint density at radius 3 is 2.62 bits per heavy atom. The highest BCUT2D eigenvalue weighted by atomic mass is 14.9. The number of anilines is 1. The lowest BCUT2D eigenvalue weighted by Gasteiger charge is -2.11. The third kappa shape index (κ3) is 3.05. The van der Waals surface area contributed by atoms with E-state index in [0.717, 1.165) is 17.8 Å². The summed E-state index contributed by atoms with van der Waals surface area (Å²) in [7, 11) is 0. The second kappa shape index (κ2) is 5.57. The van der Waals surface area contributed by atoms with Crippen LogP contribution in [0.25, 0.3) is 10.9 Å². The Bertz CT molecular complexity index is 791. The van der Waals surface area contributed by atoms with E-state index in [4.69, 9.17) is 0 Å². The molecule has 21 heavy (non-hydrogen) atoms. The van der Waals surface area contributed by atoms with Gasteiger partial charge < -0.3 is 5.32 Å². The lowest BCUT2D eigenvalue weighted by molar-refractivity contribution is 1.14.